The molecule has 0 amide bonds. The standard InChI is InChI=1S/C8H9O4P/c9-8-3-1-7(2-4-8)5-6-13(10,11)12/h1-6,9H,(H2,10,11,12). The number of aromatic hydroxyl groups is 1. The molecule has 0 aliphatic rings. The molecule has 0 spiro atoms. The first-order valence-corrected chi connectivity index (χ1v) is 5.19. The van der Waals surface area contributed by atoms with Gasteiger partial charge in [0.1, 0.15) is 5.75 Å². The molecule has 1 aromatic rings. The third-order valence-corrected chi connectivity index (χ3v) is 1.89. The van der Waals surface area contributed by atoms with Crippen LogP contribution in [0.4, 0.5) is 0 Å². The molecule has 1 aromatic carbocycles. The van der Waals surface area contributed by atoms with Crippen LogP contribution in [0.3, 0.4) is 0 Å². The Morgan fingerprint density at radius 3 is 2.15 bits per heavy atom. The molecule has 0 atom stereocenters. The molecule has 0 unspecified atom stereocenters. The van der Waals surface area contributed by atoms with Gasteiger partial charge in [0.15, 0.2) is 0 Å². The first kappa shape index (κ1) is 9.99. The summed E-state index contributed by atoms with van der Waals surface area (Å²) in [6.07, 6.45) is 1.31. The highest BCUT2D eigenvalue weighted by atomic mass is 31.2. The zero-order chi connectivity index (χ0) is 9.90. The molecule has 4 nitrogen and oxygen atoms in total. The van der Waals surface area contributed by atoms with E-state index >= 15 is 0 Å². The summed E-state index contributed by atoms with van der Waals surface area (Å²) < 4.78 is 10.4. The predicted molar refractivity (Wildman–Crippen MR) is 49.2 cm³/mol. The topological polar surface area (TPSA) is 77.8 Å². The van der Waals surface area contributed by atoms with Gasteiger partial charge in [0, 0.05) is 5.82 Å². The third-order valence-electron chi connectivity index (χ3n) is 1.35. The van der Waals surface area contributed by atoms with Crippen LogP contribution in [0.15, 0.2) is 30.1 Å². The maximum Gasteiger partial charge on any atom is 0.349 e. The Morgan fingerprint density at radius 2 is 1.69 bits per heavy atom. The van der Waals surface area contributed by atoms with E-state index in [0.29, 0.717) is 5.56 Å². The first-order valence-electron chi connectivity index (χ1n) is 3.51. The lowest BCUT2D eigenvalue weighted by molar-refractivity contribution is 0.386. The molecular formula is C8H9O4P. The highest BCUT2D eigenvalue weighted by molar-refractivity contribution is 7.55. The summed E-state index contributed by atoms with van der Waals surface area (Å²) in [6.45, 7) is 0. The predicted octanol–water partition coefficient (Wildman–Crippen LogP) is 1.54. The zero-order valence-electron chi connectivity index (χ0n) is 6.66. The second kappa shape index (κ2) is 3.75. The molecule has 13 heavy (non-hydrogen) atoms. The Hall–Kier alpha value is -1.09. The Kier molecular flexibility index (Phi) is 2.88. The van der Waals surface area contributed by atoms with Crippen molar-refractivity contribution in [3.63, 3.8) is 0 Å². The van der Waals surface area contributed by atoms with Gasteiger partial charge in [-0.15, -0.1) is 0 Å². The highest BCUT2D eigenvalue weighted by Gasteiger charge is 2.04. The van der Waals surface area contributed by atoms with E-state index in [0.717, 1.165) is 5.82 Å². The number of hydrogen-bond acceptors (Lipinski definition) is 2. The summed E-state index contributed by atoms with van der Waals surface area (Å²) in [5.74, 6) is 0.938. The van der Waals surface area contributed by atoms with Crippen LogP contribution in [-0.2, 0) is 4.57 Å². The lowest BCUT2D eigenvalue weighted by Gasteiger charge is -1.95. The summed E-state index contributed by atoms with van der Waals surface area (Å²) in [7, 11) is -4.09. The maximum absolute atomic E-state index is 10.4. The Morgan fingerprint density at radius 1 is 1.15 bits per heavy atom. The number of phenols is 1. The molecule has 0 aliphatic heterocycles. The van der Waals surface area contributed by atoms with E-state index in [4.69, 9.17) is 14.9 Å². The average molecular weight is 200 g/mol. The zero-order valence-corrected chi connectivity index (χ0v) is 7.56. The minimum atomic E-state index is -4.09. The van der Waals surface area contributed by atoms with Gasteiger partial charge in [0.05, 0.1) is 0 Å². The first-order chi connectivity index (χ1) is 5.97. The highest BCUT2D eigenvalue weighted by Crippen LogP contribution is 2.36. The van der Waals surface area contributed by atoms with Crippen LogP contribution in [-0.4, -0.2) is 14.9 Å². The van der Waals surface area contributed by atoms with Gasteiger partial charge < -0.3 is 14.9 Å². The smallest absolute Gasteiger partial charge is 0.349 e. The van der Waals surface area contributed by atoms with Crippen LogP contribution in [0.1, 0.15) is 5.56 Å². The molecule has 1 rings (SSSR count). The van der Waals surface area contributed by atoms with Gasteiger partial charge in [-0.2, -0.15) is 0 Å². The van der Waals surface area contributed by atoms with Crippen molar-refractivity contribution in [1.29, 1.82) is 0 Å². The molecule has 0 fully saturated rings. The van der Waals surface area contributed by atoms with E-state index in [9.17, 15) is 4.57 Å². The molecule has 70 valence electrons. The van der Waals surface area contributed by atoms with Crippen LogP contribution in [0.2, 0.25) is 0 Å². The number of rotatable bonds is 2. The van der Waals surface area contributed by atoms with Crippen molar-refractivity contribution in [2.24, 2.45) is 0 Å². The molecule has 0 radical (unpaired) electrons. The fourth-order valence-electron chi connectivity index (χ4n) is 0.769. The molecule has 0 aromatic heterocycles. The van der Waals surface area contributed by atoms with Crippen molar-refractivity contribution in [2.75, 3.05) is 0 Å². The van der Waals surface area contributed by atoms with Crippen LogP contribution in [0, 0.1) is 0 Å². The van der Waals surface area contributed by atoms with Crippen LogP contribution >= 0.6 is 7.60 Å². The van der Waals surface area contributed by atoms with E-state index in [1.807, 2.05) is 0 Å². The lowest BCUT2D eigenvalue weighted by atomic mass is 10.2. The van der Waals surface area contributed by atoms with Gasteiger partial charge in [-0.1, -0.05) is 12.1 Å². The lowest BCUT2D eigenvalue weighted by Crippen LogP contribution is -1.72. The molecule has 3 N–H and O–H groups in total. The van der Waals surface area contributed by atoms with Crippen molar-refractivity contribution in [1.82, 2.24) is 0 Å². The second-order valence-electron chi connectivity index (χ2n) is 2.50. The fourth-order valence-corrected chi connectivity index (χ4v) is 1.13. The third kappa shape index (κ3) is 3.90. The fraction of sp³-hybridized carbons (Fsp3) is 0. The second-order valence-corrected chi connectivity index (χ2v) is 3.97. The van der Waals surface area contributed by atoms with Gasteiger partial charge in [-0.25, -0.2) is 0 Å². The molecule has 0 aliphatic carbocycles. The molecule has 0 saturated heterocycles. The molecule has 0 bridgehead atoms. The van der Waals surface area contributed by atoms with Crippen LogP contribution in [0.25, 0.3) is 6.08 Å². The summed E-state index contributed by atoms with van der Waals surface area (Å²) in [5, 5.41) is 8.91. The Bertz CT molecular complexity index is 349. The molecule has 0 heterocycles. The largest absolute Gasteiger partial charge is 0.508 e. The maximum atomic E-state index is 10.4. The van der Waals surface area contributed by atoms with Crippen molar-refractivity contribution in [2.45, 2.75) is 0 Å². The summed E-state index contributed by atoms with van der Waals surface area (Å²) in [4.78, 5) is 17.0. The summed E-state index contributed by atoms with van der Waals surface area (Å²) in [6, 6.07) is 6.00. The number of phenolic OH excluding ortho intramolecular Hbond substituents is 1. The van der Waals surface area contributed by atoms with E-state index < -0.39 is 7.60 Å². The van der Waals surface area contributed by atoms with Crippen molar-refractivity contribution in [3.05, 3.63) is 35.6 Å². The number of hydrogen-bond donors (Lipinski definition) is 3. The quantitative estimate of drug-likeness (QED) is 0.633. The normalized spacial score (nSPS) is 12.2. The van der Waals surface area contributed by atoms with Gasteiger partial charge >= 0.3 is 7.60 Å². The minimum absolute atomic E-state index is 0.119. The van der Waals surface area contributed by atoms with Crippen LogP contribution in [0.5, 0.6) is 5.75 Å². The van der Waals surface area contributed by atoms with Crippen molar-refractivity contribution in [3.8, 4) is 5.75 Å². The van der Waals surface area contributed by atoms with Crippen molar-refractivity contribution >= 4 is 13.7 Å². The van der Waals surface area contributed by atoms with Gasteiger partial charge in [-0.3, -0.25) is 4.57 Å². The monoisotopic (exact) mass is 200 g/mol. The van der Waals surface area contributed by atoms with E-state index in [1.54, 1.807) is 12.1 Å². The van der Waals surface area contributed by atoms with Gasteiger partial charge in [-0.05, 0) is 23.8 Å². The van der Waals surface area contributed by atoms with E-state index in [2.05, 4.69) is 0 Å². The van der Waals surface area contributed by atoms with E-state index in [-0.39, 0.29) is 5.75 Å². The van der Waals surface area contributed by atoms with Crippen molar-refractivity contribution < 1.29 is 19.5 Å². The SMILES string of the molecule is O=P(O)(O)C=Cc1ccc(O)cc1. The molecule has 0 saturated carbocycles. The minimum Gasteiger partial charge on any atom is -0.508 e. The Labute approximate surface area is 75.3 Å². The number of benzene rings is 1. The van der Waals surface area contributed by atoms with Crippen LogP contribution < -0.4 is 0 Å². The Balaban J connectivity index is 2.81. The molecular weight excluding hydrogens is 191 g/mol. The summed E-state index contributed by atoms with van der Waals surface area (Å²) >= 11 is 0. The average Bonchev–Trinajstić information content (AvgIpc) is 2.02. The van der Waals surface area contributed by atoms with Gasteiger partial charge in [0.25, 0.3) is 0 Å². The van der Waals surface area contributed by atoms with E-state index in [1.165, 1.54) is 18.2 Å². The van der Waals surface area contributed by atoms with Gasteiger partial charge in [0.2, 0.25) is 0 Å². The molecule has 5 heteroatoms. The summed E-state index contributed by atoms with van der Waals surface area (Å²) in [5.41, 5.74) is 0.626.